The van der Waals surface area contributed by atoms with E-state index in [1.807, 2.05) is 0 Å². The van der Waals surface area contributed by atoms with Gasteiger partial charge in [-0.15, -0.1) is 0 Å². The van der Waals surface area contributed by atoms with Gasteiger partial charge in [-0.3, -0.25) is 0 Å². The van der Waals surface area contributed by atoms with E-state index >= 15 is 0 Å². The van der Waals surface area contributed by atoms with Crippen LogP contribution in [0.4, 0.5) is 0 Å². The van der Waals surface area contributed by atoms with Gasteiger partial charge in [0.05, 0.1) is 9.98 Å². The molecule has 0 N–H and O–H groups in total. The summed E-state index contributed by atoms with van der Waals surface area (Å²) in [6.07, 6.45) is 4.39. The maximum absolute atomic E-state index is 5.40. The van der Waals surface area contributed by atoms with E-state index < -0.39 is 0 Å². The minimum absolute atomic E-state index is 1.04. The van der Waals surface area contributed by atoms with E-state index in [4.69, 9.17) is 24.4 Å². The Morgan fingerprint density at radius 2 is 1.12 bits per heavy atom. The molecule has 0 aliphatic carbocycles. The van der Waals surface area contributed by atoms with Gasteiger partial charge >= 0.3 is 0 Å². The fourth-order valence-corrected chi connectivity index (χ4v) is 2.72. The van der Waals surface area contributed by atoms with E-state index in [0.717, 1.165) is 61.8 Å². The average molecular weight is 258 g/mol. The number of hydrogen-bond acceptors (Lipinski definition) is 2. The number of thiocarbonyl (C=S) groups is 2. The van der Waals surface area contributed by atoms with Crippen LogP contribution >= 0.6 is 24.4 Å². The molecule has 1 heterocycles. The van der Waals surface area contributed by atoms with Crippen molar-refractivity contribution >= 4 is 34.4 Å². The predicted octanol–water partition coefficient (Wildman–Crippen LogP) is 2.86. The lowest BCUT2D eigenvalue weighted by atomic mass is 10.2. The van der Waals surface area contributed by atoms with E-state index in [1.165, 1.54) is 0 Å². The van der Waals surface area contributed by atoms with Crippen LogP contribution in [0.5, 0.6) is 0 Å². The highest BCUT2D eigenvalue weighted by molar-refractivity contribution is 7.80. The van der Waals surface area contributed by atoms with Gasteiger partial charge in [0.15, 0.2) is 0 Å². The summed E-state index contributed by atoms with van der Waals surface area (Å²) in [6.45, 7) is 8.54. The lowest BCUT2D eigenvalue weighted by Gasteiger charge is -2.37. The average Bonchev–Trinajstić information content (AvgIpc) is 2.30. The van der Waals surface area contributed by atoms with Crippen LogP contribution in [0.1, 0.15) is 39.5 Å². The molecule has 0 aromatic heterocycles. The van der Waals surface area contributed by atoms with Gasteiger partial charge in [-0.1, -0.05) is 38.3 Å². The first-order valence-electron chi connectivity index (χ1n) is 6.24. The second-order valence-corrected chi connectivity index (χ2v) is 5.20. The van der Waals surface area contributed by atoms with Gasteiger partial charge in [0, 0.05) is 26.2 Å². The number of nitrogens with zero attached hydrogens (tertiary/aromatic N) is 2. The number of rotatable bonds is 4. The summed E-state index contributed by atoms with van der Waals surface area (Å²) in [6, 6.07) is 0. The molecule has 0 amide bonds. The third kappa shape index (κ3) is 3.98. The largest absolute Gasteiger partial charge is 0.363 e. The van der Waals surface area contributed by atoms with Gasteiger partial charge in [-0.2, -0.15) is 0 Å². The molecule has 4 heteroatoms. The minimum atomic E-state index is 1.04. The van der Waals surface area contributed by atoms with Crippen molar-refractivity contribution in [2.24, 2.45) is 0 Å². The van der Waals surface area contributed by atoms with Crippen LogP contribution in [0, 0.1) is 0 Å². The second-order valence-electron chi connectivity index (χ2n) is 4.26. The van der Waals surface area contributed by atoms with E-state index in [-0.39, 0.29) is 0 Å². The summed E-state index contributed by atoms with van der Waals surface area (Å²) in [5.41, 5.74) is 0. The van der Waals surface area contributed by atoms with Crippen molar-refractivity contribution in [1.29, 1.82) is 0 Å². The highest BCUT2D eigenvalue weighted by Crippen LogP contribution is 2.09. The Balaban J connectivity index is 2.33. The van der Waals surface area contributed by atoms with E-state index in [0.29, 0.717) is 0 Å². The first-order valence-corrected chi connectivity index (χ1v) is 7.06. The molecule has 0 atom stereocenters. The standard InChI is InChI=1S/C12H22N2S2/c1-3-5-11(15)13-7-9-14(10-8-13)12(16)6-4-2/h3-10H2,1-2H3. The molecule has 2 nitrogen and oxygen atoms in total. The molecule has 1 fully saturated rings. The molecule has 0 aromatic carbocycles. The Morgan fingerprint density at radius 1 is 0.812 bits per heavy atom. The van der Waals surface area contributed by atoms with Crippen LogP contribution in [0.3, 0.4) is 0 Å². The van der Waals surface area contributed by atoms with Crippen molar-refractivity contribution in [2.75, 3.05) is 26.2 Å². The Morgan fingerprint density at radius 3 is 1.38 bits per heavy atom. The zero-order chi connectivity index (χ0) is 12.0. The fraction of sp³-hybridized carbons (Fsp3) is 0.833. The van der Waals surface area contributed by atoms with Crippen LogP contribution in [0.2, 0.25) is 0 Å². The second kappa shape index (κ2) is 7.17. The van der Waals surface area contributed by atoms with Crippen molar-refractivity contribution in [3.8, 4) is 0 Å². The van der Waals surface area contributed by atoms with Crippen LogP contribution in [-0.4, -0.2) is 46.0 Å². The monoisotopic (exact) mass is 258 g/mol. The Labute approximate surface area is 110 Å². The Hall–Kier alpha value is -0.220. The van der Waals surface area contributed by atoms with Crippen molar-refractivity contribution in [1.82, 2.24) is 9.80 Å². The zero-order valence-electron chi connectivity index (χ0n) is 10.4. The van der Waals surface area contributed by atoms with Crippen molar-refractivity contribution in [3.05, 3.63) is 0 Å². The summed E-state index contributed by atoms with van der Waals surface area (Å²) < 4.78 is 0. The highest BCUT2D eigenvalue weighted by atomic mass is 32.1. The molecule has 0 unspecified atom stereocenters. The quantitative estimate of drug-likeness (QED) is 0.715. The normalized spacial score (nSPS) is 16.4. The van der Waals surface area contributed by atoms with Crippen LogP contribution < -0.4 is 0 Å². The topological polar surface area (TPSA) is 6.48 Å². The van der Waals surface area contributed by atoms with Crippen molar-refractivity contribution in [2.45, 2.75) is 39.5 Å². The highest BCUT2D eigenvalue weighted by Gasteiger charge is 2.19. The predicted molar refractivity (Wildman–Crippen MR) is 78.2 cm³/mol. The molecule has 0 saturated carbocycles. The lowest BCUT2D eigenvalue weighted by Crippen LogP contribution is -2.49. The molecule has 0 aromatic rings. The van der Waals surface area contributed by atoms with Crippen LogP contribution in [0.15, 0.2) is 0 Å². The summed E-state index contributed by atoms with van der Waals surface area (Å²) in [5, 5.41) is 0. The van der Waals surface area contributed by atoms with Gasteiger partial charge in [0.2, 0.25) is 0 Å². The summed E-state index contributed by atoms with van der Waals surface area (Å²) in [4.78, 5) is 6.93. The molecule has 1 saturated heterocycles. The molecule has 92 valence electrons. The maximum Gasteiger partial charge on any atom is 0.0780 e. The van der Waals surface area contributed by atoms with Gasteiger partial charge < -0.3 is 9.80 Å². The van der Waals surface area contributed by atoms with Gasteiger partial charge in [0.1, 0.15) is 0 Å². The van der Waals surface area contributed by atoms with E-state index in [1.54, 1.807) is 0 Å². The summed E-state index contributed by atoms with van der Waals surface area (Å²) in [5.74, 6) is 0. The molecular formula is C12H22N2S2. The lowest BCUT2D eigenvalue weighted by molar-refractivity contribution is 0.258. The Kier molecular flexibility index (Phi) is 6.21. The molecule has 1 aliphatic heterocycles. The van der Waals surface area contributed by atoms with E-state index in [2.05, 4.69) is 23.6 Å². The molecule has 1 rings (SSSR count). The third-order valence-corrected chi connectivity index (χ3v) is 3.84. The fourth-order valence-electron chi connectivity index (χ4n) is 1.95. The molecular weight excluding hydrogens is 236 g/mol. The van der Waals surface area contributed by atoms with Crippen LogP contribution in [-0.2, 0) is 0 Å². The minimum Gasteiger partial charge on any atom is -0.363 e. The van der Waals surface area contributed by atoms with Crippen molar-refractivity contribution < 1.29 is 0 Å². The molecule has 0 bridgehead atoms. The smallest absolute Gasteiger partial charge is 0.0780 e. The van der Waals surface area contributed by atoms with E-state index in [9.17, 15) is 0 Å². The Bertz CT molecular complexity index is 219. The molecule has 16 heavy (non-hydrogen) atoms. The summed E-state index contributed by atoms with van der Waals surface area (Å²) >= 11 is 10.8. The van der Waals surface area contributed by atoms with Gasteiger partial charge in [-0.25, -0.2) is 0 Å². The molecule has 0 spiro atoms. The van der Waals surface area contributed by atoms with Crippen molar-refractivity contribution in [3.63, 3.8) is 0 Å². The van der Waals surface area contributed by atoms with Crippen LogP contribution in [0.25, 0.3) is 0 Å². The molecule has 1 aliphatic rings. The third-order valence-electron chi connectivity index (χ3n) is 2.91. The van der Waals surface area contributed by atoms with Gasteiger partial charge in [0.25, 0.3) is 0 Å². The number of piperazine rings is 1. The molecule has 0 radical (unpaired) electrons. The SMILES string of the molecule is CCCC(=S)N1CCN(C(=S)CCC)CC1. The first kappa shape index (κ1) is 13.8. The maximum atomic E-state index is 5.40. The first-order chi connectivity index (χ1) is 7.69. The summed E-state index contributed by atoms with van der Waals surface area (Å²) in [7, 11) is 0. The zero-order valence-corrected chi connectivity index (χ0v) is 12.0. The van der Waals surface area contributed by atoms with Gasteiger partial charge in [-0.05, 0) is 25.7 Å². The number of hydrogen-bond donors (Lipinski definition) is 0.